The Balaban J connectivity index is 3.64. The third kappa shape index (κ3) is 5.19. The molecular formula is C10H23N3O. The standard InChI is InChI=1S/C10H23N3O/c1-5-10(2,11)9(14)12-7-6-8-13(3)4/h5-8,11H2,1-4H3,(H,12,14). The molecule has 1 amide bonds. The average Bonchev–Trinajstić information content (AvgIpc) is 2.11. The van der Waals surface area contributed by atoms with E-state index >= 15 is 0 Å². The molecule has 0 radical (unpaired) electrons. The molecule has 0 aliphatic rings. The lowest BCUT2D eigenvalue weighted by Gasteiger charge is -2.21. The van der Waals surface area contributed by atoms with Crippen LogP contribution in [-0.2, 0) is 4.79 Å². The van der Waals surface area contributed by atoms with E-state index in [0.717, 1.165) is 13.0 Å². The van der Waals surface area contributed by atoms with Crippen molar-refractivity contribution in [2.75, 3.05) is 27.2 Å². The van der Waals surface area contributed by atoms with Gasteiger partial charge in [-0.1, -0.05) is 6.92 Å². The zero-order valence-corrected chi connectivity index (χ0v) is 9.76. The molecule has 0 bridgehead atoms. The molecule has 0 aliphatic carbocycles. The van der Waals surface area contributed by atoms with Gasteiger partial charge in [0.05, 0.1) is 5.54 Å². The van der Waals surface area contributed by atoms with Crippen LogP contribution in [0.1, 0.15) is 26.7 Å². The summed E-state index contributed by atoms with van der Waals surface area (Å²) in [7, 11) is 4.03. The molecule has 0 saturated heterocycles. The first kappa shape index (κ1) is 13.4. The lowest BCUT2D eigenvalue weighted by molar-refractivity contribution is -0.125. The number of carbonyl (C=O) groups excluding carboxylic acids is 1. The van der Waals surface area contributed by atoms with Crippen molar-refractivity contribution in [2.45, 2.75) is 32.2 Å². The minimum atomic E-state index is -0.724. The smallest absolute Gasteiger partial charge is 0.239 e. The van der Waals surface area contributed by atoms with E-state index in [4.69, 9.17) is 5.73 Å². The van der Waals surface area contributed by atoms with Gasteiger partial charge in [-0.2, -0.15) is 0 Å². The Morgan fingerprint density at radius 3 is 2.50 bits per heavy atom. The third-order valence-corrected chi connectivity index (χ3v) is 2.32. The van der Waals surface area contributed by atoms with E-state index in [0.29, 0.717) is 13.0 Å². The van der Waals surface area contributed by atoms with E-state index in [1.165, 1.54) is 0 Å². The summed E-state index contributed by atoms with van der Waals surface area (Å²) < 4.78 is 0. The Morgan fingerprint density at radius 2 is 2.07 bits per heavy atom. The molecule has 0 fully saturated rings. The van der Waals surface area contributed by atoms with Gasteiger partial charge in [-0.05, 0) is 40.4 Å². The number of nitrogens with two attached hydrogens (primary N) is 1. The van der Waals surface area contributed by atoms with Crippen LogP contribution in [0.15, 0.2) is 0 Å². The van der Waals surface area contributed by atoms with E-state index < -0.39 is 5.54 Å². The maximum Gasteiger partial charge on any atom is 0.239 e. The summed E-state index contributed by atoms with van der Waals surface area (Å²) in [5, 5.41) is 2.84. The number of nitrogens with one attached hydrogen (secondary N) is 1. The Morgan fingerprint density at radius 1 is 1.50 bits per heavy atom. The summed E-state index contributed by atoms with van der Waals surface area (Å²) in [5.74, 6) is -0.0567. The predicted molar refractivity (Wildman–Crippen MR) is 59.1 cm³/mol. The lowest BCUT2D eigenvalue weighted by atomic mass is 10.00. The Hall–Kier alpha value is -0.610. The van der Waals surface area contributed by atoms with Crippen LogP contribution in [0.2, 0.25) is 0 Å². The van der Waals surface area contributed by atoms with Gasteiger partial charge in [0.15, 0.2) is 0 Å². The number of nitrogens with zero attached hydrogens (tertiary/aromatic N) is 1. The Bertz CT molecular complexity index is 178. The molecule has 0 rings (SSSR count). The summed E-state index contributed by atoms with van der Waals surface area (Å²) in [5.41, 5.74) is 5.06. The van der Waals surface area contributed by atoms with Crippen molar-refractivity contribution in [1.29, 1.82) is 0 Å². The van der Waals surface area contributed by atoms with Crippen molar-refractivity contribution >= 4 is 5.91 Å². The molecule has 0 aromatic heterocycles. The minimum Gasteiger partial charge on any atom is -0.354 e. The van der Waals surface area contributed by atoms with Crippen molar-refractivity contribution in [3.63, 3.8) is 0 Å². The van der Waals surface area contributed by atoms with Crippen LogP contribution >= 0.6 is 0 Å². The Labute approximate surface area is 86.8 Å². The molecule has 14 heavy (non-hydrogen) atoms. The normalized spacial score (nSPS) is 15.3. The predicted octanol–water partition coefficient (Wildman–Crippen LogP) is 0.182. The third-order valence-electron chi connectivity index (χ3n) is 2.32. The van der Waals surface area contributed by atoms with E-state index in [9.17, 15) is 4.79 Å². The fourth-order valence-corrected chi connectivity index (χ4v) is 0.960. The quantitative estimate of drug-likeness (QED) is 0.603. The highest BCUT2D eigenvalue weighted by Crippen LogP contribution is 2.03. The highest BCUT2D eigenvalue weighted by Gasteiger charge is 2.24. The molecule has 0 spiro atoms. The maximum atomic E-state index is 11.5. The number of amides is 1. The van der Waals surface area contributed by atoms with Crippen LogP contribution in [-0.4, -0.2) is 43.5 Å². The Kier molecular flexibility index (Phi) is 5.72. The molecule has 1 unspecified atom stereocenters. The number of hydrogen-bond donors (Lipinski definition) is 2. The molecular weight excluding hydrogens is 178 g/mol. The molecule has 1 atom stereocenters. The first-order valence-corrected chi connectivity index (χ1v) is 5.12. The van der Waals surface area contributed by atoms with Crippen molar-refractivity contribution in [3.8, 4) is 0 Å². The average molecular weight is 201 g/mol. The van der Waals surface area contributed by atoms with Gasteiger partial charge < -0.3 is 16.0 Å². The van der Waals surface area contributed by atoms with Gasteiger partial charge in [0, 0.05) is 6.54 Å². The molecule has 3 N–H and O–H groups in total. The number of carbonyl (C=O) groups is 1. The van der Waals surface area contributed by atoms with Crippen molar-refractivity contribution < 1.29 is 4.79 Å². The molecule has 0 saturated carbocycles. The molecule has 0 aromatic rings. The summed E-state index contributed by atoms with van der Waals surface area (Å²) in [6, 6.07) is 0. The fraction of sp³-hybridized carbons (Fsp3) is 0.900. The number of hydrogen-bond acceptors (Lipinski definition) is 3. The van der Waals surface area contributed by atoms with E-state index in [1.807, 2.05) is 21.0 Å². The van der Waals surface area contributed by atoms with Crippen molar-refractivity contribution in [2.24, 2.45) is 5.73 Å². The summed E-state index contributed by atoms with van der Waals surface area (Å²) in [6.07, 6.45) is 1.62. The topological polar surface area (TPSA) is 58.4 Å². The number of rotatable bonds is 6. The van der Waals surface area contributed by atoms with E-state index in [-0.39, 0.29) is 5.91 Å². The second-order valence-electron chi connectivity index (χ2n) is 4.18. The first-order chi connectivity index (χ1) is 6.40. The first-order valence-electron chi connectivity index (χ1n) is 5.12. The van der Waals surface area contributed by atoms with Crippen molar-refractivity contribution in [3.05, 3.63) is 0 Å². The zero-order valence-electron chi connectivity index (χ0n) is 9.76. The van der Waals surface area contributed by atoms with Crippen LogP contribution in [0.5, 0.6) is 0 Å². The van der Waals surface area contributed by atoms with Gasteiger partial charge in [0.2, 0.25) is 5.91 Å². The lowest BCUT2D eigenvalue weighted by Crippen LogP contribution is -2.51. The van der Waals surface area contributed by atoms with Gasteiger partial charge in [0.1, 0.15) is 0 Å². The largest absolute Gasteiger partial charge is 0.354 e. The van der Waals surface area contributed by atoms with Crippen LogP contribution < -0.4 is 11.1 Å². The van der Waals surface area contributed by atoms with Crippen LogP contribution in [0.4, 0.5) is 0 Å². The molecule has 4 nitrogen and oxygen atoms in total. The van der Waals surface area contributed by atoms with Gasteiger partial charge in [-0.3, -0.25) is 4.79 Å². The maximum absolute atomic E-state index is 11.5. The van der Waals surface area contributed by atoms with Gasteiger partial charge in [-0.25, -0.2) is 0 Å². The SMILES string of the molecule is CCC(C)(N)C(=O)NCCCN(C)C. The van der Waals surface area contributed by atoms with Crippen LogP contribution in [0.3, 0.4) is 0 Å². The highest BCUT2D eigenvalue weighted by molar-refractivity contribution is 5.85. The van der Waals surface area contributed by atoms with E-state index in [2.05, 4.69) is 10.2 Å². The summed E-state index contributed by atoms with van der Waals surface area (Å²) in [6.45, 7) is 5.35. The van der Waals surface area contributed by atoms with Gasteiger partial charge in [0.25, 0.3) is 0 Å². The molecule has 0 heterocycles. The second kappa shape index (κ2) is 5.98. The highest BCUT2D eigenvalue weighted by atomic mass is 16.2. The second-order valence-corrected chi connectivity index (χ2v) is 4.18. The van der Waals surface area contributed by atoms with Crippen LogP contribution in [0.25, 0.3) is 0 Å². The molecule has 4 heteroatoms. The minimum absolute atomic E-state index is 0.0567. The summed E-state index contributed by atoms with van der Waals surface area (Å²) in [4.78, 5) is 13.6. The molecule has 84 valence electrons. The van der Waals surface area contributed by atoms with Crippen LogP contribution in [0, 0.1) is 0 Å². The zero-order chi connectivity index (χ0) is 11.2. The van der Waals surface area contributed by atoms with Crippen molar-refractivity contribution in [1.82, 2.24) is 10.2 Å². The summed E-state index contributed by atoms with van der Waals surface area (Å²) >= 11 is 0. The van der Waals surface area contributed by atoms with E-state index in [1.54, 1.807) is 6.92 Å². The molecule has 0 aromatic carbocycles. The fourth-order valence-electron chi connectivity index (χ4n) is 0.960. The van der Waals surface area contributed by atoms with Gasteiger partial charge >= 0.3 is 0 Å². The molecule has 0 aliphatic heterocycles. The van der Waals surface area contributed by atoms with Gasteiger partial charge in [-0.15, -0.1) is 0 Å². The monoisotopic (exact) mass is 201 g/mol.